The average Bonchev–Trinajstić information content (AvgIpc) is 3.07. The molecule has 2 aromatic rings. The number of carbonyl (C=O) groups excluding carboxylic acids is 1. The molecule has 1 heterocycles. The van der Waals surface area contributed by atoms with Crippen LogP contribution in [0, 0.1) is 0 Å². The zero-order valence-electron chi connectivity index (χ0n) is 13.4. The van der Waals surface area contributed by atoms with Crippen LogP contribution in [0.15, 0.2) is 39.9 Å². The summed E-state index contributed by atoms with van der Waals surface area (Å²) in [6, 6.07) is 7.33. The second-order valence-corrected chi connectivity index (χ2v) is 4.55. The molecule has 0 aliphatic carbocycles. The number of rotatable bonds is 8. The van der Waals surface area contributed by atoms with Crippen molar-refractivity contribution in [1.82, 2.24) is 0 Å². The van der Waals surface area contributed by atoms with Gasteiger partial charge in [0, 0.05) is 5.56 Å². The SMILES string of the molecule is COC(=O)c1ccc(CO/N=C\c2ccc(OC(F)F)c(OC)c2)o1. The molecule has 1 aromatic carbocycles. The minimum Gasteiger partial charge on any atom is -0.493 e. The summed E-state index contributed by atoms with van der Waals surface area (Å²) in [7, 11) is 2.58. The van der Waals surface area contributed by atoms with Crippen molar-refractivity contribution in [3.05, 3.63) is 47.4 Å². The summed E-state index contributed by atoms with van der Waals surface area (Å²) < 4.78 is 43.5. The van der Waals surface area contributed by atoms with E-state index < -0.39 is 12.6 Å². The van der Waals surface area contributed by atoms with E-state index in [1.165, 1.54) is 44.7 Å². The Labute approximate surface area is 141 Å². The van der Waals surface area contributed by atoms with E-state index >= 15 is 0 Å². The smallest absolute Gasteiger partial charge is 0.387 e. The molecule has 0 amide bonds. The predicted molar refractivity (Wildman–Crippen MR) is 82.1 cm³/mol. The van der Waals surface area contributed by atoms with Gasteiger partial charge in [0.05, 0.1) is 20.4 Å². The highest BCUT2D eigenvalue weighted by Gasteiger charge is 2.12. The Morgan fingerprint density at radius 3 is 2.72 bits per heavy atom. The molecular formula is C16H15F2NO6. The van der Waals surface area contributed by atoms with Crippen molar-refractivity contribution in [3.8, 4) is 11.5 Å². The van der Waals surface area contributed by atoms with Crippen molar-refractivity contribution in [2.75, 3.05) is 14.2 Å². The van der Waals surface area contributed by atoms with Crippen LogP contribution >= 0.6 is 0 Å². The lowest BCUT2D eigenvalue weighted by atomic mass is 10.2. The molecule has 0 radical (unpaired) electrons. The maximum absolute atomic E-state index is 12.3. The molecule has 0 N–H and O–H groups in total. The van der Waals surface area contributed by atoms with Gasteiger partial charge in [0.2, 0.25) is 5.76 Å². The topological polar surface area (TPSA) is 79.5 Å². The Balaban J connectivity index is 1.93. The standard InChI is InChI=1S/C16H15F2NO6/c1-21-14-7-10(3-5-12(14)25-16(17)18)8-19-23-9-11-4-6-13(24-11)15(20)22-2/h3-8,16H,9H2,1-2H3/b19-8-. The van der Waals surface area contributed by atoms with Crippen molar-refractivity contribution in [3.63, 3.8) is 0 Å². The third-order valence-corrected chi connectivity index (χ3v) is 2.94. The summed E-state index contributed by atoms with van der Waals surface area (Å²) in [6.07, 6.45) is 1.36. The van der Waals surface area contributed by atoms with E-state index in [1.807, 2.05) is 0 Å². The van der Waals surface area contributed by atoms with Crippen molar-refractivity contribution in [2.45, 2.75) is 13.2 Å². The lowest BCUT2D eigenvalue weighted by Crippen LogP contribution is -2.03. The van der Waals surface area contributed by atoms with Crippen molar-refractivity contribution < 1.29 is 37.0 Å². The van der Waals surface area contributed by atoms with Gasteiger partial charge in [-0.25, -0.2) is 4.79 Å². The lowest BCUT2D eigenvalue weighted by molar-refractivity contribution is -0.0512. The predicted octanol–water partition coefficient (Wildman–Crippen LogP) is 3.23. The van der Waals surface area contributed by atoms with Crippen LogP contribution in [0.4, 0.5) is 8.78 Å². The molecule has 0 spiro atoms. The fraction of sp³-hybridized carbons (Fsp3) is 0.250. The molecule has 0 bridgehead atoms. The number of carbonyl (C=O) groups is 1. The number of esters is 1. The van der Waals surface area contributed by atoms with Crippen LogP contribution in [0.3, 0.4) is 0 Å². The molecule has 0 fully saturated rings. The highest BCUT2D eigenvalue weighted by atomic mass is 19.3. The van der Waals surface area contributed by atoms with Gasteiger partial charge in [-0.15, -0.1) is 0 Å². The van der Waals surface area contributed by atoms with Crippen LogP contribution in [0.1, 0.15) is 21.9 Å². The Morgan fingerprint density at radius 1 is 1.24 bits per heavy atom. The molecule has 0 saturated heterocycles. The number of nitrogens with zero attached hydrogens (tertiary/aromatic N) is 1. The van der Waals surface area contributed by atoms with Crippen LogP contribution in [-0.2, 0) is 16.2 Å². The Hall–Kier alpha value is -3.10. The maximum Gasteiger partial charge on any atom is 0.387 e. The monoisotopic (exact) mass is 355 g/mol. The number of furan rings is 1. The van der Waals surface area contributed by atoms with Crippen LogP contribution in [0.5, 0.6) is 11.5 Å². The number of hydrogen-bond acceptors (Lipinski definition) is 7. The number of oxime groups is 1. The quantitative estimate of drug-likeness (QED) is 0.411. The lowest BCUT2D eigenvalue weighted by Gasteiger charge is -2.09. The average molecular weight is 355 g/mol. The second kappa shape index (κ2) is 8.67. The Bertz CT molecular complexity index is 744. The number of halogens is 2. The van der Waals surface area contributed by atoms with Crippen molar-refractivity contribution in [2.24, 2.45) is 5.16 Å². The molecule has 1 aromatic heterocycles. The molecule has 0 unspecified atom stereocenters. The molecule has 2 rings (SSSR count). The number of ether oxygens (including phenoxy) is 3. The molecule has 0 aliphatic rings. The molecule has 9 heteroatoms. The first-order valence-electron chi connectivity index (χ1n) is 6.98. The fourth-order valence-electron chi connectivity index (χ4n) is 1.82. The summed E-state index contributed by atoms with van der Waals surface area (Å²) in [5.74, 6) is -0.0901. The molecule has 0 atom stereocenters. The van der Waals surface area contributed by atoms with E-state index in [1.54, 1.807) is 6.07 Å². The highest BCUT2D eigenvalue weighted by molar-refractivity contribution is 5.86. The minimum atomic E-state index is -2.94. The fourth-order valence-corrected chi connectivity index (χ4v) is 1.82. The summed E-state index contributed by atoms with van der Waals surface area (Å²) >= 11 is 0. The van der Waals surface area contributed by atoms with E-state index in [0.717, 1.165) is 0 Å². The summed E-state index contributed by atoms with van der Waals surface area (Å²) in [5.41, 5.74) is 0.549. The van der Waals surface area contributed by atoms with Gasteiger partial charge in [0.15, 0.2) is 18.1 Å². The molecular weight excluding hydrogens is 340 g/mol. The Kier molecular flexibility index (Phi) is 6.33. The van der Waals surface area contributed by atoms with Crippen molar-refractivity contribution >= 4 is 12.2 Å². The van der Waals surface area contributed by atoms with Gasteiger partial charge in [0.1, 0.15) is 5.76 Å². The minimum absolute atomic E-state index is 0.00277. The zero-order valence-corrected chi connectivity index (χ0v) is 13.4. The number of hydrogen-bond donors (Lipinski definition) is 0. The molecule has 25 heavy (non-hydrogen) atoms. The molecule has 7 nitrogen and oxygen atoms in total. The van der Waals surface area contributed by atoms with Crippen LogP contribution < -0.4 is 9.47 Å². The number of methoxy groups -OCH3 is 2. The van der Waals surface area contributed by atoms with Gasteiger partial charge < -0.3 is 23.5 Å². The van der Waals surface area contributed by atoms with Crippen LogP contribution in [0.25, 0.3) is 0 Å². The van der Waals surface area contributed by atoms with E-state index in [4.69, 9.17) is 14.0 Å². The number of benzene rings is 1. The normalized spacial score (nSPS) is 10.9. The van der Waals surface area contributed by atoms with Crippen LogP contribution in [0.2, 0.25) is 0 Å². The Morgan fingerprint density at radius 2 is 2.04 bits per heavy atom. The third kappa shape index (κ3) is 5.20. The number of alkyl halides is 2. The zero-order chi connectivity index (χ0) is 18.2. The first-order valence-corrected chi connectivity index (χ1v) is 6.98. The summed E-state index contributed by atoms with van der Waals surface area (Å²) in [4.78, 5) is 16.3. The molecule has 0 aliphatic heterocycles. The largest absolute Gasteiger partial charge is 0.493 e. The van der Waals surface area contributed by atoms with E-state index in [9.17, 15) is 13.6 Å². The van der Waals surface area contributed by atoms with Gasteiger partial charge in [0.25, 0.3) is 0 Å². The summed E-state index contributed by atoms with van der Waals surface area (Å²) in [5, 5.41) is 3.73. The van der Waals surface area contributed by atoms with E-state index in [2.05, 4.69) is 14.6 Å². The maximum atomic E-state index is 12.3. The van der Waals surface area contributed by atoms with Gasteiger partial charge in [-0.2, -0.15) is 8.78 Å². The van der Waals surface area contributed by atoms with Crippen LogP contribution in [-0.4, -0.2) is 33.0 Å². The summed E-state index contributed by atoms with van der Waals surface area (Å²) in [6.45, 7) is -2.95. The van der Waals surface area contributed by atoms with Gasteiger partial charge in [-0.3, -0.25) is 0 Å². The van der Waals surface area contributed by atoms with Gasteiger partial charge in [-0.1, -0.05) is 5.16 Å². The molecule has 0 saturated carbocycles. The van der Waals surface area contributed by atoms with E-state index in [-0.39, 0.29) is 23.9 Å². The van der Waals surface area contributed by atoms with Crippen molar-refractivity contribution in [1.29, 1.82) is 0 Å². The molecule has 134 valence electrons. The third-order valence-electron chi connectivity index (χ3n) is 2.94. The first-order chi connectivity index (χ1) is 12.0. The van der Waals surface area contributed by atoms with E-state index in [0.29, 0.717) is 11.3 Å². The van der Waals surface area contributed by atoms with Gasteiger partial charge >= 0.3 is 12.6 Å². The second-order valence-electron chi connectivity index (χ2n) is 4.55. The first kappa shape index (κ1) is 18.2. The van der Waals surface area contributed by atoms with Gasteiger partial charge in [-0.05, 0) is 30.3 Å². The highest BCUT2D eigenvalue weighted by Crippen LogP contribution is 2.28.